The molecule has 0 bridgehead atoms. The van der Waals surface area contributed by atoms with E-state index in [4.69, 9.17) is 4.74 Å². The Morgan fingerprint density at radius 1 is 1.53 bits per heavy atom. The molecule has 1 aliphatic rings. The molecule has 2 rings (SSSR count). The number of hydrogen-bond donors (Lipinski definition) is 1. The van der Waals surface area contributed by atoms with Crippen LogP contribution >= 0.6 is 15.9 Å². The van der Waals surface area contributed by atoms with Gasteiger partial charge in [0.1, 0.15) is 0 Å². The number of ether oxygens (including phenoxy) is 1. The molecule has 1 N–H and O–H groups in total. The van der Waals surface area contributed by atoms with E-state index in [1.165, 1.54) is 7.11 Å². The predicted octanol–water partition coefficient (Wildman–Crippen LogP) is 3.02. The van der Waals surface area contributed by atoms with Gasteiger partial charge < -0.3 is 10.1 Å². The molecule has 82 valence electrons. The van der Waals surface area contributed by atoms with Crippen LogP contribution in [-0.2, 0) is 0 Å². The van der Waals surface area contributed by atoms with Crippen LogP contribution in [-0.4, -0.2) is 13.7 Å². The fourth-order valence-electron chi connectivity index (χ4n) is 1.98. The highest BCUT2D eigenvalue weighted by Gasteiger charge is 2.22. The Hall–Kier alpha value is -0.610. The fourth-order valence-corrected chi connectivity index (χ4v) is 2.29. The van der Waals surface area contributed by atoms with Crippen LogP contribution in [0.5, 0.6) is 5.75 Å². The first-order valence-electron chi connectivity index (χ1n) is 4.99. The van der Waals surface area contributed by atoms with Gasteiger partial charge in [-0.15, -0.1) is 0 Å². The molecule has 1 saturated heterocycles. The summed E-state index contributed by atoms with van der Waals surface area (Å²) in [4.78, 5) is 0. The highest BCUT2D eigenvalue weighted by atomic mass is 79.9. The highest BCUT2D eigenvalue weighted by molar-refractivity contribution is 9.10. The van der Waals surface area contributed by atoms with Crippen molar-refractivity contribution in [2.75, 3.05) is 13.7 Å². The summed E-state index contributed by atoms with van der Waals surface area (Å²) in [7, 11) is 1.50. The summed E-state index contributed by atoms with van der Waals surface area (Å²) >= 11 is 3.15. The predicted molar refractivity (Wildman–Crippen MR) is 60.6 cm³/mol. The van der Waals surface area contributed by atoms with E-state index in [-0.39, 0.29) is 11.9 Å². The van der Waals surface area contributed by atoms with E-state index in [0.29, 0.717) is 10.2 Å². The summed E-state index contributed by atoms with van der Waals surface area (Å²) in [5, 5.41) is 3.33. The Labute approximate surface area is 96.9 Å². The number of rotatable bonds is 2. The van der Waals surface area contributed by atoms with Crippen molar-refractivity contribution in [3.8, 4) is 5.75 Å². The van der Waals surface area contributed by atoms with E-state index < -0.39 is 0 Å². The molecule has 0 aliphatic carbocycles. The van der Waals surface area contributed by atoms with Crippen LogP contribution in [0.4, 0.5) is 4.39 Å². The van der Waals surface area contributed by atoms with E-state index in [1.807, 2.05) is 6.07 Å². The van der Waals surface area contributed by atoms with Crippen LogP contribution in [0.2, 0.25) is 0 Å². The molecule has 1 aromatic rings. The van der Waals surface area contributed by atoms with Gasteiger partial charge in [0.25, 0.3) is 0 Å². The summed E-state index contributed by atoms with van der Waals surface area (Å²) in [5.41, 5.74) is 0.913. The second-order valence-electron chi connectivity index (χ2n) is 3.63. The van der Waals surface area contributed by atoms with Crippen LogP contribution in [0, 0.1) is 5.82 Å². The van der Waals surface area contributed by atoms with Crippen LogP contribution in [0.1, 0.15) is 24.4 Å². The van der Waals surface area contributed by atoms with Gasteiger partial charge in [-0.2, -0.15) is 0 Å². The third kappa shape index (κ3) is 2.01. The van der Waals surface area contributed by atoms with Gasteiger partial charge in [0.15, 0.2) is 11.6 Å². The average molecular weight is 274 g/mol. The third-order valence-electron chi connectivity index (χ3n) is 2.72. The Kier molecular flexibility index (Phi) is 3.26. The van der Waals surface area contributed by atoms with E-state index in [1.54, 1.807) is 6.07 Å². The van der Waals surface area contributed by atoms with Gasteiger partial charge in [-0.05, 0) is 41.4 Å². The standard InChI is InChI=1S/C11H13BrFNO/c1-15-11-7(9-3-2-6-14-9)4-5-8(12)10(11)13/h4-5,9,14H,2-3,6H2,1H3. The topological polar surface area (TPSA) is 21.3 Å². The zero-order valence-electron chi connectivity index (χ0n) is 8.52. The van der Waals surface area contributed by atoms with Crippen molar-refractivity contribution in [3.05, 3.63) is 28.0 Å². The minimum Gasteiger partial charge on any atom is -0.493 e. The van der Waals surface area contributed by atoms with E-state index in [9.17, 15) is 4.39 Å². The summed E-state index contributed by atoms with van der Waals surface area (Å²) in [6.45, 7) is 0.992. The van der Waals surface area contributed by atoms with Crippen molar-refractivity contribution in [1.29, 1.82) is 0 Å². The molecular weight excluding hydrogens is 261 g/mol. The second-order valence-corrected chi connectivity index (χ2v) is 4.49. The SMILES string of the molecule is COc1c(C2CCCN2)ccc(Br)c1F. The molecule has 0 amide bonds. The van der Waals surface area contributed by atoms with Gasteiger partial charge in [-0.3, -0.25) is 0 Å². The van der Waals surface area contributed by atoms with Crippen LogP contribution < -0.4 is 10.1 Å². The van der Waals surface area contributed by atoms with Gasteiger partial charge >= 0.3 is 0 Å². The maximum atomic E-state index is 13.7. The lowest BCUT2D eigenvalue weighted by Gasteiger charge is -2.16. The van der Waals surface area contributed by atoms with Gasteiger partial charge in [-0.25, -0.2) is 4.39 Å². The van der Waals surface area contributed by atoms with Crippen molar-refractivity contribution in [1.82, 2.24) is 5.32 Å². The summed E-state index contributed by atoms with van der Waals surface area (Å²) in [6.07, 6.45) is 2.17. The molecule has 0 aromatic heterocycles. The lowest BCUT2D eigenvalue weighted by atomic mass is 10.0. The molecule has 2 nitrogen and oxygen atoms in total. The van der Waals surface area contributed by atoms with Crippen LogP contribution in [0.25, 0.3) is 0 Å². The first kappa shape index (κ1) is 10.9. The smallest absolute Gasteiger partial charge is 0.179 e. The lowest BCUT2D eigenvalue weighted by Crippen LogP contribution is -2.14. The van der Waals surface area contributed by atoms with Crippen LogP contribution in [0.3, 0.4) is 0 Å². The lowest BCUT2D eigenvalue weighted by molar-refractivity contribution is 0.374. The first-order chi connectivity index (χ1) is 7.24. The normalized spacial score (nSPS) is 20.6. The molecule has 15 heavy (non-hydrogen) atoms. The summed E-state index contributed by atoms with van der Waals surface area (Å²) in [5.74, 6) is 0.0347. The fraction of sp³-hybridized carbons (Fsp3) is 0.455. The van der Waals surface area contributed by atoms with Crippen molar-refractivity contribution in [3.63, 3.8) is 0 Å². The Balaban J connectivity index is 2.41. The van der Waals surface area contributed by atoms with Gasteiger partial charge in [0.2, 0.25) is 0 Å². The van der Waals surface area contributed by atoms with Crippen molar-refractivity contribution >= 4 is 15.9 Å². The van der Waals surface area contributed by atoms with Crippen molar-refractivity contribution in [2.45, 2.75) is 18.9 Å². The summed E-state index contributed by atoms with van der Waals surface area (Å²) in [6, 6.07) is 3.87. The van der Waals surface area contributed by atoms with Gasteiger partial charge in [-0.1, -0.05) is 6.07 Å². The minimum atomic E-state index is -0.316. The molecule has 4 heteroatoms. The molecule has 1 heterocycles. The molecule has 0 saturated carbocycles. The molecular formula is C11H13BrFNO. The zero-order chi connectivity index (χ0) is 10.8. The molecule has 0 radical (unpaired) electrons. The quantitative estimate of drug-likeness (QED) is 0.895. The largest absolute Gasteiger partial charge is 0.493 e. The minimum absolute atomic E-state index is 0.225. The molecule has 1 aromatic carbocycles. The maximum absolute atomic E-state index is 13.7. The highest BCUT2D eigenvalue weighted by Crippen LogP contribution is 2.35. The van der Waals surface area contributed by atoms with E-state index in [2.05, 4.69) is 21.2 Å². The number of benzene rings is 1. The number of hydrogen-bond acceptors (Lipinski definition) is 2. The zero-order valence-corrected chi connectivity index (χ0v) is 10.1. The van der Waals surface area contributed by atoms with E-state index in [0.717, 1.165) is 24.9 Å². The summed E-state index contributed by atoms with van der Waals surface area (Å²) < 4.78 is 19.3. The molecule has 1 aliphatic heterocycles. The molecule has 0 spiro atoms. The van der Waals surface area contributed by atoms with Crippen molar-refractivity contribution < 1.29 is 9.13 Å². The Morgan fingerprint density at radius 3 is 2.93 bits per heavy atom. The van der Waals surface area contributed by atoms with Crippen LogP contribution in [0.15, 0.2) is 16.6 Å². The molecule has 1 atom stereocenters. The van der Waals surface area contributed by atoms with Gasteiger partial charge in [0, 0.05) is 11.6 Å². The first-order valence-corrected chi connectivity index (χ1v) is 5.78. The third-order valence-corrected chi connectivity index (χ3v) is 3.33. The molecule has 1 fully saturated rings. The Bertz CT molecular complexity index is 364. The van der Waals surface area contributed by atoms with Gasteiger partial charge in [0.05, 0.1) is 11.6 Å². The maximum Gasteiger partial charge on any atom is 0.179 e. The number of nitrogens with one attached hydrogen (secondary N) is 1. The van der Waals surface area contributed by atoms with Crippen molar-refractivity contribution in [2.24, 2.45) is 0 Å². The second kappa shape index (κ2) is 4.49. The molecule has 1 unspecified atom stereocenters. The number of halogens is 2. The van der Waals surface area contributed by atoms with E-state index >= 15 is 0 Å². The average Bonchev–Trinajstić information content (AvgIpc) is 2.75. The monoisotopic (exact) mass is 273 g/mol. The number of methoxy groups -OCH3 is 1. The Morgan fingerprint density at radius 2 is 2.33 bits per heavy atom.